The van der Waals surface area contributed by atoms with Crippen LogP contribution in [-0.4, -0.2) is 39.9 Å². The normalized spacial score (nSPS) is 15.8. The predicted molar refractivity (Wildman–Crippen MR) is 119 cm³/mol. The smallest absolute Gasteiger partial charge is 0.257 e. The third kappa shape index (κ3) is 4.97. The molecule has 3 aromatic rings. The molecule has 1 amide bonds. The first-order valence-corrected chi connectivity index (χ1v) is 10.8. The molecule has 7 heteroatoms. The third-order valence-corrected chi connectivity index (χ3v) is 5.52. The monoisotopic (exact) mass is 466 g/mol. The SMILES string of the molecule is O=C(c1ccccc1OCc1ccccc1)N1CCCC1CNc1ncc(Br)cn1. The minimum Gasteiger partial charge on any atom is -0.488 e. The Hall–Kier alpha value is -2.93. The van der Waals surface area contributed by atoms with E-state index in [2.05, 4.69) is 31.2 Å². The highest BCUT2D eigenvalue weighted by molar-refractivity contribution is 9.10. The molecule has 1 saturated heterocycles. The van der Waals surface area contributed by atoms with E-state index < -0.39 is 0 Å². The number of amides is 1. The molecule has 1 aliphatic rings. The molecular formula is C23H23BrN4O2. The maximum absolute atomic E-state index is 13.3. The number of carbonyl (C=O) groups is 1. The summed E-state index contributed by atoms with van der Waals surface area (Å²) < 4.78 is 6.82. The van der Waals surface area contributed by atoms with Crippen LogP contribution in [-0.2, 0) is 6.61 Å². The Morgan fingerprint density at radius 3 is 2.63 bits per heavy atom. The van der Waals surface area contributed by atoms with Gasteiger partial charge in [0, 0.05) is 31.5 Å². The first-order valence-electron chi connectivity index (χ1n) is 9.99. The van der Waals surface area contributed by atoms with Gasteiger partial charge >= 0.3 is 0 Å². The van der Waals surface area contributed by atoms with Gasteiger partial charge in [0.1, 0.15) is 12.4 Å². The van der Waals surface area contributed by atoms with Crippen LogP contribution in [0.5, 0.6) is 5.75 Å². The van der Waals surface area contributed by atoms with E-state index in [0.29, 0.717) is 30.4 Å². The summed E-state index contributed by atoms with van der Waals surface area (Å²) in [4.78, 5) is 23.7. The largest absolute Gasteiger partial charge is 0.488 e. The number of hydrogen-bond donors (Lipinski definition) is 1. The lowest BCUT2D eigenvalue weighted by Crippen LogP contribution is -2.39. The molecule has 4 rings (SSSR count). The number of para-hydroxylation sites is 1. The van der Waals surface area contributed by atoms with Crippen molar-refractivity contribution < 1.29 is 9.53 Å². The van der Waals surface area contributed by atoms with Crippen LogP contribution >= 0.6 is 15.9 Å². The van der Waals surface area contributed by atoms with E-state index in [-0.39, 0.29) is 11.9 Å². The molecule has 1 fully saturated rings. The van der Waals surface area contributed by atoms with Gasteiger partial charge in [-0.3, -0.25) is 4.79 Å². The van der Waals surface area contributed by atoms with Gasteiger partial charge in [0.25, 0.3) is 5.91 Å². The lowest BCUT2D eigenvalue weighted by Gasteiger charge is -2.26. The van der Waals surface area contributed by atoms with Crippen molar-refractivity contribution in [2.45, 2.75) is 25.5 Å². The summed E-state index contributed by atoms with van der Waals surface area (Å²) in [5.41, 5.74) is 1.66. The van der Waals surface area contributed by atoms with Crippen molar-refractivity contribution in [3.8, 4) is 5.75 Å². The molecule has 2 aromatic carbocycles. The van der Waals surface area contributed by atoms with Crippen molar-refractivity contribution in [1.82, 2.24) is 14.9 Å². The summed E-state index contributed by atoms with van der Waals surface area (Å²) in [5.74, 6) is 1.17. The van der Waals surface area contributed by atoms with E-state index in [1.807, 2.05) is 59.5 Å². The van der Waals surface area contributed by atoms with Crippen LogP contribution in [0.15, 0.2) is 71.5 Å². The average Bonchev–Trinajstić information content (AvgIpc) is 3.26. The molecule has 1 N–H and O–H groups in total. The van der Waals surface area contributed by atoms with Crippen molar-refractivity contribution in [1.29, 1.82) is 0 Å². The second kappa shape index (κ2) is 9.71. The van der Waals surface area contributed by atoms with E-state index in [1.165, 1.54) is 0 Å². The van der Waals surface area contributed by atoms with E-state index in [9.17, 15) is 4.79 Å². The summed E-state index contributed by atoms with van der Waals surface area (Å²) in [6.45, 7) is 1.77. The van der Waals surface area contributed by atoms with Gasteiger partial charge in [-0.25, -0.2) is 9.97 Å². The van der Waals surface area contributed by atoms with Crippen LogP contribution in [0.4, 0.5) is 5.95 Å². The van der Waals surface area contributed by atoms with Gasteiger partial charge in [-0.1, -0.05) is 42.5 Å². The molecule has 2 heterocycles. The first kappa shape index (κ1) is 20.3. The zero-order valence-corrected chi connectivity index (χ0v) is 18.1. The molecule has 6 nitrogen and oxygen atoms in total. The fourth-order valence-electron chi connectivity index (χ4n) is 3.59. The average molecular weight is 467 g/mol. The number of halogens is 1. The lowest BCUT2D eigenvalue weighted by atomic mass is 10.1. The van der Waals surface area contributed by atoms with E-state index in [1.54, 1.807) is 12.4 Å². The predicted octanol–water partition coefficient (Wildman–Crippen LogP) is 4.53. The van der Waals surface area contributed by atoms with Crippen molar-refractivity contribution in [3.63, 3.8) is 0 Å². The van der Waals surface area contributed by atoms with Gasteiger partial charge in [0.2, 0.25) is 5.95 Å². The topological polar surface area (TPSA) is 67.3 Å². The molecule has 1 aromatic heterocycles. The van der Waals surface area contributed by atoms with Crippen LogP contribution in [0.1, 0.15) is 28.8 Å². The molecule has 0 radical (unpaired) electrons. The van der Waals surface area contributed by atoms with E-state index in [4.69, 9.17) is 4.74 Å². The number of nitrogens with one attached hydrogen (secondary N) is 1. The fourth-order valence-corrected chi connectivity index (χ4v) is 3.79. The number of likely N-dealkylation sites (tertiary alicyclic amines) is 1. The second-order valence-electron chi connectivity index (χ2n) is 7.17. The molecule has 0 saturated carbocycles. The highest BCUT2D eigenvalue weighted by atomic mass is 79.9. The van der Waals surface area contributed by atoms with E-state index in [0.717, 1.165) is 29.4 Å². The Morgan fingerprint density at radius 1 is 1.10 bits per heavy atom. The third-order valence-electron chi connectivity index (χ3n) is 5.11. The van der Waals surface area contributed by atoms with Crippen LogP contribution in [0.2, 0.25) is 0 Å². The maximum atomic E-state index is 13.3. The number of ether oxygens (including phenoxy) is 1. The molecule has 0 spiro atoms. The van der Waals surface area contributed by atoms with Crippen LogP contribution in [0.25, 0.3) is 0 Å². The Labute approximate surface area is 184 Å². The summed E-state index contributed by atoms with van der Waals surface area (Å²) in [6.07, 6.45) is 5.33. The zero-order valence-electron chi connectivity index (χ0n) is 16.5. The number of aromatic nitrogens is 2. The standard InChI is InChI=1S/C23H23BrN4O2/c24-18-13-25-23(26-14-18)27-15-19-9-6-12-28(19)22(29)20-10-4-5-11-21(20)30-16-17-7-2-1-3-8-17/h1-5,7-8,10-11,13-14,19H,6,9,12,15-16H2,(H,25,26,27). The molecule has 1 atom stereocenters. The van der Waals surface area contributed by atoms with Crippen molar-refractivity contribution >= 4 is 27.8 Å². The second-order valence-corrected chi connectivity index (χ2v) is 8.09. The minimum absolute atomic E-state index is 0.000291. The Morgan fingerprint density at radius 2 is 1.83 bits per heavy atom. The number of benzene rings is 2. The van der Waals surface area contributed by atoms with Crippen LogP contribution < -0.4 is 10.1 Å². The van der Waals surface area contributed by atoms with Crippen LogP contribution in [0.3, 0.4) is 0 Å². The molecule has 0 aliphatic carbocycles. The summed E-state index contributed by atoms with van der Waals surface area (Å²) >= 11 is 3.33. The lowest BCUT2D eigenvalue weighted by molar-refractivity contribution is 0.0738. The Kier molecular flexibility index (Phi) is 6.59. The molecule has 30 heavy (non-hydrogen) atoms. The van der Waals surface area contributed by atoms with Crippen molar-refractivity contribution in [2.75, 3.05) is 18.4 Å². The minimum atomic E-state index is -0.000291. The van der Waals surface area contributed by atoms with Gasteiger partial charge in [0.05, 0.1) is 10.0 Å². The van der Waals surface area contributed by atoms with Crippen molar-refractivity contribution in [3.05, 3.63) is 82.6 Å². The quantitative estimate of drug-likeness (QED) is 0.553. The fraction of sp³-hybridized carbons (Fsp3) is 0.261. The highest BCUT2D eigenvalue weighted by Gasteiger charge is 2.30. The molecule has 1 unspecified atom stereocenters. The molecule has 154 valence electrons. The van der Waals surface area contributed by atoms with Crippen molar-refractivity contribution in [2.24, 2.45) is 0 Å². The molecular weight excluding hydrogens is 444 g/mol. The van der Waals surface area contributed by atoms with Gasteiger partial charge in [-0.2, -0.15) is 0 Å². The van der Waals surface area contributed by atoms with Gasteiger partial charge in [-0.05, 0) is 46.5 Å². The highest BCUT2D eigenvalue weighted by Crippen LogP contribution is 2.26. The number of anilines is 1. The van der Waals surface area contributed by atoms with Gasteiger partial charge < -0.3 is 15.0 Å². The first-order chi connectivity index (χ1) is 14.7. The number of carbonyl (C=O) groups excluding carboxylic acids is 1. The Bertz CT molecular complexity index is 982. The zero-order chi connectivity index (χ0) is 20.8. The molecule has 1 aliphatic heterocycles. The Balaban J connectivity index is 1.43. The number of hydrogen-bond acceptors (Lipinski definition) is 5. The summed E-state index contributed by atoms with van der Waals surface area (Å²) in [7, 11) is 0. The molecule has 0 bridgehead atoms. The summed E-state index contributed by atoms with van der Waals surface area (Å²) in [6, 6.07) is 17.5. The number of nitrogens with zero attached hydrogens (tertiary/aromatic N) is 3. The van der Waals surface area contributed by atoms with E-state index >= 15 is 0 Å². The van der Waals surface area contributed by atoms with Gasteiger partial charge in [-0.15, -0.1) is 0 Å². The van der Waals surface area contributed by atoms with Gasteiger partial charge in [0.15, 0.2) is 0 Å². The number of rotatable bonds is 7. The van der Waals surface area contributed by atoms with Crippen LogP contribution in [0, 0.1) is 0 Å². The maximum Gasteiger partial charge on any atom is 0.257 e. The summed E-state index contributed by atoms with van der Waals surface area (Å²) in [5, 5.41) is 3.24.